The minimum Gasteiger partial charge on any atom is -0.399 e. The molecule has 3 heteroatoms. The van der Waals surface area contributed by atoms with Crippen molar-refractivity contribution in [3.63, 3.8) is 0 Å². The molecule has 2 N–H and O–H groups in total. The van der Waals surface area contributed by atoms with E-state index in [2.05, 4.69) is 31.0 Å². The molecule has 1 aromatic carbocycles. The van der Waals surface area contributed by atoms with Crippen molar-refractivity contribution in [3.8, 4) is 0 Å². The number of anilines is 1. The molecule has 0 saturated heterocycles. The zero-order valence-corrected chi connectivity index (χ0v) is 10.4. The predicted octanol–water partition coefficient (Wildman–Crippen LogP) is 3.44. The molecule has 0 radical (unpaired) electrons. The molecular weight excluding hydrogens is 216 g/mol. The van der Waals surface area contributed by atoms with E-state index in [4.69, 9.17) is 5.73 Å². The molecule has 0 atom stereocenters. The van der Waals surface area contributed by atoms with E-state index in [0.717, 1.165) is 12.1 Å². The molecule has 0 bridgehead atoms. The minimum atomic E-state index is 0.567. The molecule has 0 aliphatic heterocycles. The average Bonchev–Trinajstić information content (AvgIpc) is 2.70. The highest BCUT2D eigenvalue weighted by Crippen LogP contribution is 2.23. The number of hydrogen-bond donors (Lipinski definition) is 1. The Bertz CT molecular complexity index is 457. The Labute approximate surface area is 100 Å². The van der Waals surface area contributed by atoms with E-state index in [1.807, 2.05) is 18.3 Å². The summed E-state index contributed by atoms with van der Waals surface area (Å²) in [5.74, 6) is 0.567. The van der Waals surface area contributed by atoms with Crippen LogP contribution in [0.2, 0.25) is 0 Å². The van der Waals surface area contributed by atoms with Gasteiger partial charge in [0.15, 0.2) is 0 Å². The Morgan fingerprint density at radius 1 is 1.25 bits per heavy atom. The van der Waals surface area contributed by atoms with Crippen molar-refractivity contribution in [2.45, 2.75) is 26.2 Å². The predicted molar refractivity (Wildman–Crippen MR) is 69.9 cm³/mol. The molecule has 0 fully saturated rings. The summed E-state index contributed by atoms with van der Waals surface area (Å²) in [6.45, 7) is 4.39. The molecule has 2 aromatic rings. The van der Waals surface area contributed by atoms with Crippen LogP contribution in [0.5, 0.6) is 0 Å². The van der Waals surface area contributed by atoms with Gasteiger partial charge in [0.25, 0.3) is 0 Å². The van der Waals surface area contributed by atoms with Crippen LogP contribution in [-0.2, 0) is 6.42 Å². The molecule has 84 valence electrons. The first-order valence-electron chi connectivity index (χ1n) is 5.44. The summed E-state index contributed by atoms with van der Waals surface area (Å²) in [5.41, 5.74) is 7.72. The zero-order valence-electron chi connectivity index (χ0n) is 9.60. The standard InChI is InChI=1S/C13H16N2S/c1-9(2)12-8-15-13(16-12)7-10-3-5-11(14)6-4-10/h3-6,8-9H,7,14H2,1-2H3. The van der Waals surface area contributed by atoms with Crippen molar-refractivity contribution in [2.24, 2.45) is 0 Å². The molecule has 0 saturated carbocycles. The van der Waals surface area contributed by atoms with Gasteiger partial charge in [-0.1, -0.05) is 26.0 Å². The van der Waals surface area contributed by atoms with Crippen molar-refractivity contribution in [3.05, 3.63) is 45.9 Å². The largest absolute Gasteiger partial charge is 0.399 e. The van der Waals surface area contributed by atoms with Gasteiger partial charge in [0, 0.05) is 23.2 Å². The third kappa shape index (κ3) is 2.61. The second-order valence-electron chi connectivity index (χ2n) is 4.23. The third-order valence-corrected chi connectivity index (χ3v) is 3.77. The maximum Gasteiger partial charge on any atom is 0.0971 e. The molecule has 2 nitrogen and oxygen atoms in total. The molecule has 0 unspecified atom stereocenters. The Hall–Kier alpha value is -1.35. The van der Waals surface area contributed by atoms with Crippen molar-refractivity contribution >= 4 is 17.0 Å². The Morgan fingerprint density at radius 3 is 2.50 bits per heavy atom. The van der Waals surface area contributed by atoms with Crippen LogP contribution in [0.4, 0.5) is 5.69 Å². The molecule has 2 rings (SSSR count). The highest BCUT2D eigenvalue weighted by atomic mass is 32.1. The second kappa shape index (κ2) is 4.66. The number of nitrogens with zero attached hydrogens (tertiary/aromatic N) is 1. The van der Waals surface area contributed by atoms with Gasteiger partial charge in [0.1, 0.15) is 0 Å². The summed E-state index contributed by atoms with van der Waals surface area (Å²) in [5, 5.41) is 1.17. The van der Waals surface area contributed by atoms with Gasteiger partial charge in [-0.2, -0.15) is 0 Å². The second-order valence-corrected chi connectivity index (χ2v) is 5.38. The van der Waals surface area contributed by atoms with Crippen molar-refractivity contribution in [1.82, 2.24) is 4.98 Å². The third-order valence-electron chi connectivity index (χ3n) is 2.48. The first-order chi connectivity index (χ1) is 7.65. The molecule has 16 heavy (non-hydrogen) atoms. The summed E-state index contributed by atoms with van der Waals surface area (Å²) in [6.07, 6.45) is 2.89. The van der Waals surface area contributed by atoms with Crippen LogP contribution in [0.15, 0.2) is 30.5 Å². The van der Waals surface area contributed by atoms with Crippen LogP contribution >= 0.6 is 11.3 Å². The summed E-state index contributed by atoms with van der Waals surface area (Å²) < 4.78 is 0. The van der Waals surface area contributed by atoms with Gasteiger partial charge in [-0.3, -0.25) is 0 Å². The molecule has 1 heterocycles. The van der Waals surface area contributed by atoms with E-state index in [0.29, 0.717) is 5.92 Å². The number of thiazole rings is 1. The molecular formula is C13H16N2S. The normalized spacial score (nSPS) is 10.9. The fourth-order valence-corrected chi connectivity index (χ4v) is 2.44. The first kappa shape index (κ1) is 11.1. The van der Waals surface area contributed by atoms with E-state index in [1.54, 1.807) is 11.3 Å². The van der Waals surface area contributed by atoms with E-state index in [9.17, 15) is 0 Å². The highest BCUT2D eigenvalue weighted by Gasteiger charge is 2.05. The lowest BCUT2D eigenvalue weighted by atomic mass is 10.1. The number of nitrogens with two attached hydrogens (primary N) is 1. The van der Waals surface area contributed by atoms with Gasteiger partial charge < -0.3 is 5.73 Å². The van der Waals surface area contributed by atoms with E-state index in [1.165, 1.54) is 15.4 Å². The maximum atomic E-state index is 5.65. The molecule has 0 aliphatic rings. The first-order valence-corrected chi connectivity index (χ1v) is 6.26. The van der Waals surface area contributed by atoms with Gasteiger partial charge in [-0.05, 0) is 23.6 Å². The van der Waals surface area contributed by atoms with Crippen LogP contribution in [0.25, 0.3) is 0 Å². The van der Waals surface area contributed by atoms with Crippen molar-refractivity contribution in [1.29, 1.82) is 0 Å². The van der Waals surface area contributed by atoms with Gasteiger partial charge in [0.2, 0.25) is 0 Å². The number of benzene rings is 1. The Balaban J connectivity index is 2.11. The monoisotopic (exact) mass is 232 g/mol. The maximum absolute atomic E-state index is 5.65. The molecule has 0 aliphatic carbocycles. The molecule has 1 aromatic heterocycles. The fraction of sp³-hybridized carbons (Fsp3) is 0.308. The van der Waals surface area contributed by atoms with Crippen LogP contribution in [0.3, 0.4) is 0 Å². The van der Waals surface area contributed by atoms with Crippen LogP contribution in [0, 0.1) is 0 Å². The Morgan fingerprint density at radius 2 is 1.94 bits per heavy atom. The molecule has 0 spiro atoms. The van der Waals surface area contributed by atoms with Gasteiger partial charge in [-0.15, -0.1) is 11.3 Å². The summed E-state index contributed by atoms with van der Waals surface area (Å²) in [7, 11) is 0. The van der Waals surface area contributed by atoms with Crippen molar-refractivity contribution in [2.75, 3.05) is 5.73 Å². The lowest BCUT2D eigenvalue weighted by Gasteiger charge is -1.99. The number of aromatic nitrogens is 1. The average molecular weight is 232 g/mol. The lowest BCUT2D eigenvalue weighted by molar-refractivity contribution is 0.885. The summed E-state index contributed by atoms with van der Waals surface area (Å²) in [4.78, 5) is 5.79. The number of rotatable bonds is 3. The summed E-state index contributed by atoms with van der Waals surface area (Å²) >= 11 is 1.80. The Kier molecular flexibility index (Phi) is 3.25. The van der Waals surface area contributed by atoms with Crippen LogP contribution in [0.1, 0.15) is 35.2 Å². The number of nitrogen functional groups attached to an aromatic ring is 1. The van der Waals surface area contributed by atoms with Gasteiger partial charge in [0.05, 0.1) is 5.01 Å². The topological polar surface area (TPSA) is 38.9 Å². The quantitative estimate of drug-likeness (QED) is 0.823. The molecule has 0 amide bonds. The smallest absolute Gasteiger partial charge is 0.0971 e. The number of hydrogen-bond acceptors (Lipinski definition) is 3. The summed E-state index contributed by atoms with van der Waals surface area (Å²) in [6, 6.07) is 8.00. The van der Waals surface area contributed by atoms with Crippen LogP contribution < -0.4 is 5.73 Å². The van der Waals surface area contributed by atoms with E-state index in [-0.39, 0.29) is 0 Å². The lowest BCUT2D eigenvalue weighted by Crippen LogP contribution is -1.88. The highest BCUT2D eigenvalue weighted by molar-refractivity contribution is 7.11. The fourth-order valence-electron chi connectivity index (χ4n) is 1.48. The SMILES string of the molecule is CC(C)c1cnc(Cc2ccc(N)cc2)s1. The minimum absolute atomic E-state index is 0.567. The van der Waals surface area contributed by atoms with Crippen LogP contribution in [-0.4, -0.2) is 4.98 Å². The van der Waals surface area contributed by atoms with Crippen molar-refractivity contribution < 1.29 is 0 Å². The van der Waals surface area contributed by atoms with E-state index < -0.39 is 0 Å². The van der Waals surface area contributed by atoms with E-state index >= 15 is 0 Å². The zero-order chi connectivity index (χ0) is 11.5. The van der Waals surface area contributed by atoms with Gasteiger partial charge >= 0.3 is 0 Å². The van der Waals surface area contributed by atoms with Gasteiger partial charge in [-0.25, -0.2) is 4.98 Å².